The molecule has 0 unspecified atom stereocenters. The number of aromatic nitrogens is 2. The van der Waals surface area contributed by atoms with E-state index in [2.05, 4.69) is 40.2 Å². The molecule has 0 atom stereocenters. The first-order valence-corrected chi connectivity index (χ1v) is 9.34. The van der Waals surface area contributed by atoms with Gasteiger partial charge in [-0.25, -0.2) is 0 Å². The summed E-state index contributed by atoms with van der Waals surface area (Å²) < 4.78 is 11.4. The molecular weight excluding hydrogens is 336 g/mol. The van der Waals surface area contributed by atoms with Gasteiger partial charge < -0.3 is 9.26 Å². The van der Waals surface area contributed by atoms with Crippen LogP contribution in [0, 0.1) is 11.8 Å². The van der Waals surface area contributed by atoms with Crippen LogP contribution in [-0.4, -0.2) is 16.2 Å². The third-order valence-corrected chi connectivity index (χ3v) is 4.66. The van der Waals surface area contributed by atoms with Crippen molar-refractivity contribution in [2.45, 2.75) is 46.1 Å². The van der Waals surface area contributed by atoms with Crippen LogP contribution in [0.3, 0.4) is 0 Å². The molecule has 0 aliphatic heterocycles. The van der Waals surface area contributed by atoms with E-state index in [4.69, 9.17) is 9.26 Å². The molecule has 4 heteroatoms. The topological polar surface area (TPSA) is 48.2 Å². The second-order valence-corrected chi connectivity index (χ2v) is 6.97. The molecule has 1 aromatic heterocycles. The molecule has 4 rings (SSSR count). The predicted molar refractivity (Wildman–Crippen MR) is 106 cm³/mol. The van der Waals surface area contributed by atoms with E-state index in [9.17, 15) is 0 Å². The van der Waals surface area contributed by atoms with Gasteiger partial charge in [0.1, 0.15) is 5.75 Å². The first kappa shape index (κ1) is 17.4. The van der Waals surface area contributed by atoms with Crippen molar-refractivity contribution in [2.75, 3.05) is 0 Å². The number of benzene rings is 2. The zero-order chi connectivity index (χ0) is 18.8. The lowest BCUT2D eigenvalue weighted by molar-refractivity contribution is 0.242. The van der Waals surface area contributed by atoms with Crippen molar-refractivity contribution in [1.82, 2.24) is 10.1 Å². The molecular formula is C23H22N2O2. The van der Waals surface area contributed by atoms with Crippen LogP contribution in [0.25, 0.3) is 22.8 Å². The number of hydrogen-bond acceptors (Lipinski definition) is 4. The number of fused-ring (bicyclic) bond motifs is 1. The smallest absolute Gasteiger partial charge is 0.258 e. The van der Waals surface area contributed by atoms with E-state index < -0.39 is 0 Å². The number of aryl methyl sites for hydroxylation is 1. The fourth-order valence-electron chi connectivity index (χ4n) is 3.53. The van der Waals surface area contributed by atoms with Gasteiger partial charge in [-0.15, -0.1) is 5.92 Å². The third kappa shape index (κ3) is 3.46. The van der Waals surface area contributed by atoms with Gasteiger partial charge >= 0.3 is 0 Å². The summed E-state index contributed by atoms with van der Waals surface area (Å²) in [5.74, 6) is 7.95. The third-order valence-electron chi connectivity index (χ3n) is 4.66. The van der Waals surface area contributed by atoms with Crippen molar-refractivity contribution in [2.24, 2.45) is 0 Å². The summed E-state index contributed by atoms with van der Waals surface area (Å²) in [7, 11) is 0. The lowest BCUT2D eigenvalue weighted by atomic mass is 10.0. The van der Waals surface area contributed by atoms with Crippen molar-refractivity contribution in [3.63, 3.8) is 0 Å². The van der Waals surface area contributed by atoms with Crippen molar-refractivity contribution in [3.8, 4) is 40.4 Å². The molecule has 1 heterocycles. The second kappa shape index (κ2) is 7.28. The molecule has 0 saturated carbocycles. The van der Waals surface area contributed by atoms with Crippen LogP contribution in [0.1, 0.15) is 43.9 Å². The number of rotatable bonds is 4. The van der Waals surface area contributed by atoms with Crippen molar-refractivity contribution < 1.29 is 9.26 Å². The Morgan fingerprint density at radius 2 is 2.04 bits per heavy atom. The maximum Gasteiger partial charge on any atom is 0.258 e. The van der Waals surface area contributed by atoms with Gasteiger partial charge in [0.05, 0.1) is 11.7 Å². The van der Waals surface area contributed by atoms with Crippen LogP contribution in [0.2, 0.25) is 0 Å². The standard InChI is InChI=1S/C23H22N2O2/c1-4-7-17-14-18(12-13-21(17)26-15(2)3)23-24-22(25-27-23)20-11-6-9-16-8-5-10-19(16)20/h6,9,11-15H,5,8,10H2,1-3H3. The molecule has 4 nitrogen and oxygen atoms in total. The summed E-state index contributed by atoms with van der Waals surface area (Å²) >= 11 is 0. The molecule has 2 aromatic carbocycles. The fraction of sp³-hybridized carbons (Fsp3) is 0.304. The quantitative estimate of drug-likeness (QED) is 0.612. The highest BCUT2D eigenvalue weighted by Gasteiger charge is 2.19. The minimum absolute atomic E-state index is 0.0865. The summed E-state index contributed by atoms with van der Waals surface area (Å²) in [6, 6.07) is 12.1. The summed E-state index contributed by atoms with van der Waals surface area (Å²) in [4.78, 5) is 4.65. The van der Waals surface area contributed by atoms with Gasteiger partial charge in [-0.3, -0.25) is 0 Å². The molecule has 136 valence electrons. The van der Waals surface area contributed by atoms with E-state index >= 15 is 0 Å². The SMILES string of the molecule is CC#Cc1cc(-c2nc(-c3cccc4c3CCC4)no2)ccc1OC(C)C. The van der Waals surface area contributed by atoms with Crippen LogP contribution in [0.4, 0.5) is 0 Å². The van der Waals surface area contributed by atoms with Crippen LogP contribution in [0.15, 0.2) is 40.9 Å². The zero-order valence-electron chi connectivity index (χ0n) is 15.9. The van der Waals surface area contributed by atoms with Crippen LogP contribution in [-0.2, 0) is 12.8 Å². The molecule has 27 heavy (non-hydrogen) atoms. The van der Waals surface area contributed by atoms with E-state index in [1.54, 1.807) is 0 Å². The lowest BCUT2D eigenvalue weighted by Crippen LogP contribution is -2.06. The van der Waals surface area contributed by atoms with Gasteiger partial charge in [0.25, 0.3) is 5.89 Å². The molecule has 1 aliphatic carbocycles. The Labute approximate surface area is 159 Å². The Morgan fingerprint density at radius 1 is 1.15 bits per heavy atom. The maximum atomic E-state index is 5.84. The molecule has 0 saturated heterocycles. The number of hydrogen-bond donors (Lipinski definition) is 0. The minimum atomic E-state index is 0.0865. The normalized spacial score (nSPS) is 12.6. The van der Waals surface area contributed by atoms with Gasteiger partial charge in [-0.2, -0.15) is 4.98 Å². The summed E-state index contributed by atoms with van der Waals surface area (Å²) in [6.45, 7) is 5.81. The zero-order valence-corrected chi connectivity index (χ0v) is 15.9. The van der Waals surface area contributed by atoms with Gasteiger partial charge in [0, 0.05) is 11.1 Å². The Balaban J connectivity index is 1.70. The first-order valence-electron chi connectivity index (χ1n) is 9.34. The molecule has 0 spiro atoms. The Bertz CT molecular complexity index is 1040. The monoisotopic (exact) mass is 358 g/mol. The molecule has 0 bridgehead atoms. The van der Waals surface area contributed by atoms with Gasteiger partial charge in [0.15, 0.2) is 0 Å². The number of nitrogens with zero attached hydrogens (tertiary/aromatic N) is 2. The maximum absolute atomic E-state index is 5.84. The van der Waals surface area contributed by atoms with E-state index in [1.807, 2.05) is 39.0 Å². The van der Waals surface area contributed by atoms with Gasteiger partial charge in [-0.05, 0) is 69.4 Å². The van der Waals surface area contributed by atoms with Crippen molar-refractivity contribution >= 4 is 0 Å². The fourth-order valence-corrected chi connectivity index (χ4v) is 3.53. The highest BCUT2D eigenvalue weighted by Crippen LogP contribution is 2.32. The summed E-state index contributed by atoms with van der Waals surface area (Å²) in [6.07, 6.45) is 3.48. The van der Waals surface area contributed by atoms with Crippen LogP contribution < -0.4 is 4.74 Å². The van der Waals surface area contributed by atoms with Crippen molar-refractivity contribution in [3.05, 3.63) is 53.1 Å². The van der Waals surface area contributed by atoms with E-state index in [0.29, 0.717) is 11.7 Å². The highest BCUT2D eigenvalue weighted by molar-refractivity contribution is 5.67. The Morgan fingerprint density at radius 3 is 2.85 bits per heavy atom. The van der Waals surface area contributed by atoms with Gasteiger partial charge in [-0.1, -0.05) is 29.3 Å². The molecule has 0 radical (unpaired) electrons. The Hall–Kier alpha value is -3.06. The first-order chi connectivity index (χ1) is 13.2. The molecule has 0 fully saturated rings. The summed E-state index contributed by atoms with van der Waals surface area (Å²) in [5.41, 5.74) is 5.49. The van der Waals surface area contributed by atoms with Crippen LogP contribution in [0.5, 0.6) is 5.75 Å². The number of ether oxygens (including phenoxy) is 1. The van der Waals surface area contributed by atoms with E-state index in [-0.39, 0.29) is 6.10 Å². The van der Waals surface area contributed by atoms with Gasteiger partial charge in [0.2, 0.25) is 5.82 Å². The average Bonchev–Trinajstić information content (AvgIpc) is 3.32. The summed E-state index contributed by atoms with van der Waals surface area (Å²) in [5, 5.41) is 4.23. The molecule has 1 aliphatic rings. The molecule has 0 N–H and O–H groups in total. The highest BCUT2D eigenvalue weighted by atomic mass is 16.5. The predicted octanol–water partition coefficient (Wildman–Crippen LogP) is 5.05. The van der Waals surface area contributed by atoms with Crippen molar-refractivity contribution in [1.29, 1.82) is 0 Å². The largest absolute Gasteiger partial charge is 0.490 e. The average molecular weight is 358 g/mol. The Kier molecular flexibility index (Phi) is 4.68. The minimum Gasteiger partial charge on any atom is -0.490 e. The van der Waals surface area contributed by atoms with E-state index in [0.717, 1.165) is 35.3 Å². The van der Waals surface area contributed by atoms with E-state index in [1.165, 1.54) is 17.5 Å². The lowest BCUT2D eigenvalue weighted by Gasteiger charge is -2.12. The molecule has 0 amide bonds. The second-order valence-electron chi connectivity index (χ2n) is 6.97. The molecule has 3 aromatic rings. The van der Waals surface area contributed by atoms with Crippen LogP contribution >= 0.6 is 0 Å².